The lowest BCUT2D eigenvalue weighted by Crippen LogP contribution is -2.64. The molecule has 5 nitrogen and oxygen atoms in total. The third-order valence-electron chi connectivity index (χ3n) is 12.0. The van der Waals surface area contributed by atoms with Crippen LogP contribution < -0.4 is 0 Å². The molecular formula is C28H40O5. The van der Waals surface area contributed by atoms with Crippen molar-refractivity contribution < 1.29 is 24.2 Å². The van der Waals surface area contributed by atoms with Crippen LogP contribution in [0.15, 0.2) is 11.1 Å². The van der Waals surface area contributed by atoms with Crippen molar-refractivity contribution in [2.45, 2.75) is 110 Å². The average Bonchev–Trinajstić information content (AvgIpc) is 3.41. The number of epoxide rings is 1. The summed E-state index contributed by atoms with van der Waals surface area (Å²) in [5.41, 5.74) is 1.00. The van der Waals surface area contributed by atoms with Crippen LogP contribution in [0.4, 0.5) is 0 Å². The highest BCUT2D eigenvalue weighted by atomic mass is 16.6. The van der Waals surface area contributed by atoms with Crippen molar-refractivity contribution in [2.75, 3.05) is 0 Å². The van der Waals surface area contributed by atoms with Crippen LogP contribution >= 0.6 is 0 Å². The number of ketones is 1. The minimum absolute atomic E-state index is 0.0298. The molecule has 2 aliphatic heterocycles. The highest BCUT2D eigenvalue weighted by Gasteiger charge is 2.80. The number of cyclic esters (lactones) is 1. The number of rotatable bonds is 2. The molecule has 4 saturated carbocycles. The van der Waals surface area contributed by atoms with Gasteiger partial charge in [0.15, 0.2) is 0 Å². The van der Waals surface area contributed by atoms with Crippen molar-refractivity contribution in [1.29, 1.82) is 0 Å². The molecule has 6 aliphatic rings. The second-order valence-electron chi connectivity index (χ2n) is 12.8. The summed E-state index contributed by atoms with van der Waals surface area (Å²) in [5.74, 6) is 2.41. The van der Waals surface area contributed by atoms with E-state index in [2.05, 4.69) is 27.7 Å². The Labute approximate surface area is 197 Å². The quantitative estimate of drug-likeness (QED) is 0.485. The number of carbonyl (C=O) groups is 2. The van der Waals surface area contributed by atoms with Gasteiger partial charge in [0.2, 0.25) is 0 Å². The summed E-state index contributed by atoms with van der Waals surface area (Å²) in [7, 11) is 0. The topological polar surface area (TPSA) is 76.1 Å². The predicted octanol–water partition coefficient (Wildman–Crippen LogP) is 4.60. The molecule has 1 saturated heterocycles. The van der Waals surface area contributed by atoms with E-state index in [-0.39, 0.29) is 23.6 Å². The predicted molar refractivity (Wildman–Crippen MR) is 123 cm³/mol. The standard InChI is InChI=1S/C28H40O5/c1-14-12-21(32-25(31)15(14)2)16(3)18-6-7-19-17-13-24-28(33-24)23(30)9-8-22(29)27(28,5)20(17)10-11-26(18,19)4/h16-21,23-24,30H,6-13H2,1-5H3. The van der Waals surface area contributed by atoms with Crippen molar-refractivity contribution in [2.24, 2.45) is 40.4 Å². The Hall–Kier alpha value is -1.20. The van der Waals surface area contributed by atoms with Crippen molar-refractivity contribution in [3.8, 4) is 0 Å². The zero-order chi connectivity index (χ0) is 23.5. The maximum atomic E-state index is 13.4. The van der Waals surface area contributed by atoms with Gasteiger partial charge in [0.1, 0.15) is 17.5 Å². The van der Waals surface area contributed by atoms with Gasteiger partial charge in [-0.15, -0.1) is 0 Å². The largest absolute Gasteiger partial charge is 0.458 e. The number of fused-ring (bicyclic) bond motifs is 4. The van der Waals surface area contributed by atoms with E-state index in [0.717, 1.165) is 31.3 Å². The van der Waals surface area contributed by atoms with E-state index >= 15 is 0 Å². The fraction of sp³-hybridized carbons (Fsp3) is 0.857. The molecule has 11 unspecified atom stereocenters. The summed E-state index contributed by atoms with van der Waals surface area (Å²) in [6, 6.07) is 0. The van der Waals surface area contributed by atoms with Crippen molar-refractivity contribution in [1.82, 2.24) is 0 Å². The maximum Gasteiger partial charge on any atom is 0.333 e. The number of ether oxygens (including phenoxy) is 2. The molecule has 1 spiro atoms. The van der Waals surface area contributed by atoms with Crippen LogP contribution in [0.2, 0.25) is 0 Å². The Bertz CT molecular complexity index is 939. The van der Waals surface area contributed by atoms with Gasteiger partial charge in [0.25, 0.3) is 0 Å². The molecule has 5 fully saturated rings. The van der Waals surface area contributed by atoms with Gasteiger partial charge in [-0.3, -0.25) is 4.79 Å². The SMILES string of the molecule is CC1=C(C)C(=O)OC(C(C)C2CCC3C4CC5OC56C(O)CCC(=O)C6(C)C4CCC23C)C1. The van der Waals surface area contributed by atoms with Crippen molar-refractivity contribution in [3.63, 3.8) is 0 Å². The van der Waals surface area contributed by atoms with Gasteiger partial charge in [-0.1, -0.05) is 19.4 Å². The fourth-order valence-electron chi connectivity index (χ4n) is 9.91. The van der Waals surface area contributed by atoms with E-state index in [1.54, 1.807) is 0 Å². The Kier molecular flexibility index (Phi) is 4.68. The van der Waals surface area contributed by atoms with E-state index in [1.807, 2.05) is 6.92 Å². The number of aliphatic hydroxyl groups is 1. The third-order valence-corrected chi connectivity index (χ3v) is 12.0. The molecule has 0 amide bonds. The summed E-state index contributed by atoms with van der Waals surface area (Å²) in [5, 5.41) is 10.9. The Morgan fingerprint density at radius 1 is 1.06 bits per heavy atom. The number of esters is 1. The summed E-state index contributed by atoms with van der Waals surface area (Å²) in [6.45, 7) is 10.9. The van der Waals surface area contributed by atoms with Crippen LogP contribution in [-0.4, -0.2) is 40.8 Å². The van der Waals surface area contributed by atoms with Crippen LogP contribution in [0.1, 0.15) is 86.0 Å². The fourth-order valence-corrected chi connectivity index (χ4v) is 9.91. The van der Waals surface area contributed by atoms with Crippen LogP contribution in [0, 0.1) is 40.4 Å². The van der Waals surface area contributed by atoms with Gasteiger partial charge >= 0.3 is 5.97 Å². The zero-order valence-corrected chi connectivity index (χ0v) is 20.9. The molecule has 1 N–H and O–H groups in total. The lowest BCUT2D eigenvalue weighted by molar-refractivity contribution is -0.166. The van der Waals surface area contributed by atoms with Gasteiger partial charge < -0.3 is 14.6 Å². The van der Waals surface area contributed by atoms with Gasteiger partial charge in [-0.25, -0.2) is 4.79 Å². The molecule has 182 valence electrons. The summed E-state index contributed by atoms with van der Waals surface area (Å²) < 4.78 is 12.2. The molecule has 0 aromatic carbocycles. The summed E-state index contributed by atoms with van der Waals surface area (Å²) >= 11 is 0. The Balaban J connectivity index is 1.28. The van der Waals surface area contributed by atoms with Crippen LogP contribution in [0.25, 0.3) is 0 Å². The number of hydrogen-bond acceptors (Lipinski definition) is 5. The highest BCUT2D eigenvalue weighted by Crippen LogP contribution is 2.73. The number of hydrogen-bond donors (Lipinski definition) is 1. The van der Waals surface area contributed by atoms with Crippen molar-refractivity contribution in [3.05, 3.63) is 11.1 Å². The molecule has 6 rings (SSSR count). The molecule has 0 aromatic heterocycles. The number of aliphatic hydroxyl groups excluding tert-OH is 1. The molecule has 2 heterocycles. The zero-order valence-electron chi connectivity index (χ0n) is 20.9. The molecule has 0 aromatic rings. The molecule has 11 atom stereocenters. The van der Waals surface area contributed by atoms with E-state index in [4.69, 9.17) is 9.47 Å². The first-order chi connectivity index (χ1) is 15.6. The smallest absolute Gasteiger partial charge is 0.333 e. The van der Waals surface area contributed by atoms with Gasteiger partial charge in [-0.2, -0.15) is 0 Å². The van der Waals surface area contributed by atoms with E-state index in [9.17, 15) is 14.7 Å². The van der Waals surface area contributed by atoms with Gasteiger partial charge in [0.05, 0.1) is 17.6 Å². The lowest BCUT2D eigenvalue weighted by atomic mass is 9.43. The third kappa shape index (κ3) is 2.62. The molecule has 0 bridgehead atoms. The Morgan fingerprint density at radius 2 is 1.82 bits per heavy atom. The average molecular weight is 457 g/mol. The minimum Gasteiger partial charge on any atom is -0.458 e. The van der Waals surface area contributed by atoms with Crippen molar-refractivity contribution >= 4 is 11.8 Å². The molecule has 0 radical (unpaired) electrons. The maximum absolute atomic E-state index is 13.4. The first-order valence-corrected chi connectivity index (χ1v) is 13.3. The van der Waals surface area contributed by atoms with Gasteiger partial charge in [-0.05, 0) is 94.3 Å². The monoisotopic (exact) mass is 456 g/mol. The summed E-state index contributed by atoms with van der Waals surface area (Å²) in [4.78, 5) is 25.8. The molecule has 5 heteroatoms. The number of Topliss-reactive ketones (excluding diaryl/α,β-unsaturated/α-hetero) is 1. The molecule has 4 aliphatic carbocycles. The van der Waals surface area contributed by atoms with Crippen LogP contribution in [0.5, 0.6) is 0 Å². The van der Waals surface area contributed by atoms with Crippen LogP contribution in [0.3, 0.4) is 0 Å². The van der Waals surface area contributed by atoms with Crippen LogP contribution in [-0.2, 0) is 19.1 Å². The van der Waals surface area contributed by atoms with E-state index in [0.29, 0.717) is 48.2 Å². The summed E-state index contributed by atoms with van der Waals surface area (Å²) in [6.07, 6.45) is 6.90. The highest BCUT2D eigenvalue weighted by molar-refractivity contribution is 5.89. The van der Waals surface area contributed by atoms with E-state index in [1.165, 1.54) is 18.4 Å². The van der Waals surface area contributed by atoms with Gasteiger partial charge in [0, 0.05) is 18.4 Å². The second-order valence-corrected chi connectivity index (χ2v) is 12.8. The minimum atomic E-state index is -0.611. The van der Waals surface area contributed by atoms with E-state index < -0.39 is 17.1 Å². The number of carbonyl (C=O) groups excluding carboxylic acids is 2. The second kappa shape index (κ2) is 6.94. The molecule has 33 heavy (non-hydrogen) atoms. The first-order valence-electron chi connectivity index (χ1n) is 13.3. The normalized spacial score (nSPS) is 54.1. The molecular weight excluding hydrogens is 416 g/mol. The Morgan fingerprint density at radius 3 is 2.55 bits per heavy atom. The first kappa shape index (κ1) is 22.3. The lowest BCUT2D eigenvalue weighted by Gasteiger charge is -2.59.